The van der Waals surface area contributed by atoms with Gasteiger partial charge in [-0.05, 0) is 80.0 Å². The lowest BCUT2D eigenvalue weighted by Gasteiger charge is -2.33. The molecule has 1 aliphatic carbocycles. The Bertz CT molecular complexity index is 1210. The highest BCUT2D eigenvalue weighted by Crippen LogP contribution is 2.46. The molecule has 2 heterocycles. The monoisotopic (exact) mass is 568 g/mol. The molecule has 1 saturated heterocycles. The van der Waals surface area contributed by atoms with E-state index in [4.69, 9.17) is 4.74 Å². The third-order valence-corrected chi connectivity index (χ3v) is 9.16. The van der Waals surface area contributed by atoms with Gasteiger partial charge >= 0.3 is 0 Å². The van der Waals surface area contributed by atoms with Crippen LogP contribution in [0.2, 0.25) is 0 Å². The number of anilines is 3. The van der Waals surface area contributed by atoms with Crippen molar-refractivity contribution < 1.29 is 18.7 Å². The normalized spacial score (nSPS) is 22.2. The van der Waals surface area contributed by atoms with Crippen LogP contribution in [0.25, 0.3) is 0 Å². The lowest BCUT2D eigenvalue weighted by molar-refractivity contribution is -0.119. The molecule has 7 nitrogen and oxygen atoms in total. The Morgan fingerprint density at radius 1 is 1.12 bits per heavy atom. The van der Waals surface area contributed by atoms with Gasteiger partial charge in [-0.15, -0.1) is 0 Å². The van der Waals surface area contributed by atoms with Crippen molar-refractivity contribution in [1.29, 1.82) is 0 Å². The van der Waals surface area contributed by atoms with Gasteiger partial charge in [0.25, 0.3) is 5.91 Å². The van der Waals surface area contributed by atoms with E-state index in [1.54, 1.807) is 12.1 Å². The second kappa shape index (κ2) is 12.8. The molecule has 1 saturated carbocycles. The number of carbonyl (C=O) groups is 2. The highest BCUT2D eigenvalue weighted by molar-refractivity contribution is 7.80. The van der Waals surface area contributed by atoms with Crippen molar-refractivity contribution in [3.63, 3.8) is 0 Å². The average molecular weight is 569 g/mol. The molecular weight excluding hydrogens is 527 g/mol. The van der Waals surface area contributed by atoms with E-state index in [1.165, 1.54) is 6.07 Å². The molecule has 4 N–H and O–H groups in total. The minimum Gasteiger partial charge on any atom is -0.385 e. The Hall–Kier alpha value is -2.78. The first-order valence-corrected chi connectivity index (χ1v) is 15.2. The minimum atomic E-state index is -0.716. The molecule has 3 aliphatic rings. The van der Waals surface area contributed by atoms with Gasteiger partial charge in [-0.1, -0.05) is 25.8 Å². The summed E-state index contributed by atoms with van der Waals surface area (Å²) in [5.74, 6) is 0.483. The highest BCUT2D eigenvalue weighted by Gasteiger charge is 2.43. The Morgan fingerprint density at radius 3 is 2.65 bits per heavy atom. The minimum absolute atomic E-state index is 0.0137. The molecule has 216 valence electrons. The van der Waals surface area contributed by atoms with E-state index in [2.05, 4.69) is 40.8 Å². The SMILES string of the molecule is CC1CCC(C(NC(=O)c2cccc(NCCCS)c2)C(=O)Nc2cc(F)c3c(c2)NCC32CCOCC2)CC1. The number of benzene rings is 2. The molecule has 2 aromatic rings. The van der Waals surface area contributed by atoms with Crippen LogP contribution >= 0.6 is 12.6 Å². The molecule has 5 rings (SSSR count). The number of hydrogen-bond acceptors (Lipinski definition) is 6. The summed E-state index contributed by atoms with van der Waals surface area (Å²) in [6, 6.07) is 9.84. The van der Waals surface area contributed by atoms with Crippen molar-refractivity contribution in [1.82, 2.24) is 5.32 Å². The summed E-state index contributed by atoms with van der Waals surface area (Å²) in [6.07, 6.45) is 6.20. The summed E-state index contributed by atoms with van der Waals surface area (Å²) in [4.78, 5) is 27.1. The molecule has 2 amide bonds. The van der Waals surface area contributed by atoms with Gasteiger partial charge in [0.1, 0.15) is 11.9 Å². The van der Waals surface area contributed by atoms with Crippen molar-refractivity contribution in [2.75, 3.05) is 48.0 Å². The number of nitrogens with one attached hydrogen (secondary N) is 4. The first-order valence-electron chi connectivity index (χ1n) is 14.6. The van der Waals surface area contributed by atoms with Gasteiger partial charge in [0, 0.05) is 59.9 Å². The zero-order valence-electron chi connectivity index (χ0n) is 23.2. The smallest absolute Gasteiger partial charge is 0.252 e. The van der Waals surface area contributed by atoms with Crippen LogP contribution in [0, 0.1) is 17.7 Å². The number of carbonyl (C=O) groups excluding carboxylic acids is 2. The molecule has 2 aromatic carbocycles. The van der Waals surface area contributed by atoms with Crippen molar-refractivity contribution in [2.45, 2.75) is 63.3 Å². The Morgan fingerprint density at radius 2 is 1.90 bits per heavy atom. The van der Waals surface area contributed by atoms with Gasteiger partial charge in [0.15, 0.2) is 0 Å². The van der Waals surface area contributed by atoms with Crippen LogP contribution in [0.15, 0.2) is 36.4 Å². The Labute approximate surface area is 241 Å². The van der Waals surface area contributed by atoms with E-state index in [0.717, 1.165) is 68.6 Å². The van der Waals surface area contributed by atoms with E-state index in [0.29, 0.717) is 42.5 Å². The fraction of sp³-hybridized carbons (Fsp3) is 0.548. The fourth-order valence-corrected chi connectivity index (χ4v) is 6.60. The summed E-state index contributed by atoms with van der Waals surface area (Å²) in [5, 5.41) is 12.6. The summed E-state index contributed by atoms with van der Waals surface area (Å²) < 4.78 is 21.0. The van der Waals surface area contributed by atoms with E-state index in [9.17, 15) is 9.59 Å². The summed E-state index contributed by atoms with van der Waals surface area (Å²) in [5.41, 5.74) is 2.91. The first kappa shape index (κ1) is 28.7. The lowest BCUT2D eigenvalue weighted by Crippen LogP contribution is -2.49. The zero-order chi connectivity index (χ0) is 28.1. The van der Waals surface area contributed by atoms with E-state index in [-0.39, 0.29) is 29.0 Å². The van der Waals surface area contributed by atoms with Crippen LogP contribution < -0.4 is 21.3 Å². The second-order valence-electron chi connectivity index (χ2n) is 11.7. The van der Waals surface area contributed by atoms with Gasteiger partial charge in [0.2, 0.25) is 5.91 Å². The highest BCUT2D eigenvalue weighted by atomic mass is 32.1. The fourth-order valence-electron chi connectivity index (χ4n) is 6.44. The van der Waals surface area contributed by atoms with E-state index < -0.39 is 6.04 Å². The number of rotatable bonds is 9. The zero-order valence-corrected chi connectivity index (χ0v) is 24.1. The molecule has 1 atom stereocenters. The number of thiol groups is 1. The molecule has 1 unspecified atom stereocenters. The third kappa shape index (κ3) is 6.41. The van der Waals surface area contributed by atoms with Crippen molar-refractivity contribution in [2.24, 2.45) is 11.8 Å². The molecule has 2 aliphatic heterocycles. The molecular formula is C31H41FN4O3S. The summed E-state index contributed by atoms with van der Waals surface area (Å²) in [6.45, 7) is 4.90. The molecule has 0 bridgehead atoms. The molecule has 1 spiro atoms. The predicted molar refractivity (Wildman–Crippen MR) is 161 cm³/mol. The Kier molecular flexibility index (Phi) is 9.20. The third-order valence-electron chi connectivity index (χ3n) is 8.84. The number of fused-ring (bicyclic) bond motifs is 2. The van der Waals surface area contributed by atoms with Crippen molar-refractivity contribution in [3.8, 4) is 0 Å². The molecule has 2 fully saturated rings. The van der Waals surface area contributed by atoms with Crippen LogP contribution in [0.1, 0.15) is 67.8 Å². The maximum absolute atomic E-state index is 15.5. The second-order valence-corrected chi connectivity index (χ2v) is 12.1. The first-order chi connectivity index (χ1) is 19.4. The maximum atomic E-state index is 15.5. The number of halogens is 1. The Balaban J connectivity index is 1.33. The molecule has 40 heavy (non-hydrogen) atoms. The van der Waals surface area contributed by atoms with Crippen LogP contribution in [-0.2, 0) is 14.9 Å². The van der Waals surface area contributed by atoms with Crippen LogP contribution in [-0.4, -0.2) is 49.9 Å². The quantitative estimate of drug-likeness (QED) is 0.201. The van der Waals surface area contributed by atoms with Crippen molar-refractivity contribution in [3.05, 3.63) is 53.3 Å². The van der Waals surface area contributed by atoms with Gasteiger partial charge < -0.3 is 26.0 Å². The maximum Gasteiger partial charge on any atom is 0.252 e. The van der Waals surface area contributed by atoms with Crippen LogP contribution in [0.5, 0.6) is 0 Å². The van der Waals surface area contributed by atoms with E-state index in [1.807, 2.05) is 18.2 Å². The summed E-state index contributed by atoms with van der Waals surface area (Å²) in [7, 11) is 0. The van der Waals surface area contributed by atoms with E-state index >= 15 is 4.39 Å². The largest absolute Gasteiger partial charge is 0.385 e. The van der Waals surface area contributed by atoms with Gasteiger partial charge in [-0.25, -0.2) is 4.39 Å². The number of amides is 2. The topological polar surface area (TPSA) is 91.5 Å². The molecule has 9 heteroatoms. The number of ether oxygens (including phenoxy) is 1. The van der Waals surface area contributed by atoms with Gasteiger partial charge in [-0.3, -0.25) is 9.59 Å². The lowest BCUT2D eigenvalue weighted by atomic mass is 9.75. The predicted octanol–water partition coefficient (Wildman–Crippen LogP) is 5.59. The van der Waals surface area contributed by atoms with Crippen LogP contribution in [0.3, 0.4) is 0 Å². The molecule has 0 radical (unpaired) electrons. The standard InChI is InChI=1S/C31H41FN4O3S/c1-20-6-8-21(9-7-20)28(36-29(37)22-4-2-5-23(16-22)33-12-3-15-40)30(38)35-24-17-25(32)27-26(18-24)34-19-31(27)10-13-39-14-11-31/h2,4-5,16-18,20-21,28,33-34,40H,3,6-15,19H2,1H3,(H,35,38)(H,36,37). The number of hydrogen-bond donors (Lipinski definition) is 5. The average Bonchev–Trinajstić information content (AvgIpc) is 3.30. The summed E-state index contributed by atoms with van der Waals surface area (Å²) >= 11 is 4.24. The van der Waals surface area contributed by atoms with Crippen molar-refractivity contribution >= 4 is 41.5 Å². The van der Waals surface area contributed by atoms with Crippen LogP contribution in [0.4, 0.5) is 21.5 Å². The van der Waals surface area contributed by atoms with Gasteiger partial charge in [0.05, 0.1) is 0 Å². The molecule has 0 aromatic heterocycles. The van der Waals surface area contributed by atoms with Gasteiger partial charge in [-0.2, -0.15) is 12.6 Å².